The predicted molar refractivity (Wildman–Crippen MR) is 64.3 cm³/mol. The van der Waals surface area contributed by atoms with Gasteiger partial charge in [0.2, 0.25) is 5.91 Å². The van der Waals surface area contributed by atoms with E-state index in [1.165, 1.54) is 0 Å². The Morgan fingerprint density at radius 1 is 1.47 bits per heavy atom. The van der Waals surface area contributed by atoms with Crippen LogP contribution >= 0.6 is 0 Å². The van der Waals surface area contributed by atoms with Crippen LogP contribution < -0.4 is 5.32 Å². The van der Waals surface area contributed by atoms with Crippen LogP contribution in [0.4, 0.5) is 0 Å². The summed E-state index contributed by atoms with van der Waals surface area (Å²) in [6, 6.07) is 1.78. The van der Waals surface area contributed by atoms with E-state index in [0.29, 0.717) is 12.4 Å². The van der Waals surface area contributed by atoms with Gasteiger partial charge in [0, 0.05) is 6.20 Å². The van der Waals surface area contributed by atoms with E-state index in [9.17, 15) is 4.79 Å². The smallest absolute Gasteiger partial charge is 0.246 e. The lowest BCUT2D eigenvalue weighted by molar-refractivity contribution is -0.130. The summed E-state index contributed by atoms with van der Waals surface area (Å²) in [7, 11) is 0. The van der Waals surface area contributed by atoms with Crippen LogP contribution in [0.3, 0.4) is 0 Å². The lowest BCUT2D eigenvalue weighted by Gasteiger charge is -2.18. The quantitative estimate of drug-likeness (QED) is 0.855. The maximum absolute atomic E-state index is 11.5. The van der Waals surface area contributed by atoms with Gasteiger partial charge in [-0.25, -0.2) is 9.97 Å². The Balaban J connectivity index is 2.33. The van der Waals surface area contributed by atoms with Gasteiger partial charge in [0.05, 0.1) is 17.8 Å². The molecular weight excluding hydrogens is 218 g/mol. The summed E-state index contributed by atoms with van der Waals surface area (Å²) in [6.07, 6.45) is 1.68. The predicted octanol–water partition coefficient (Wildman–Crippen LogP) is 1.22. The molecule has 0 aliphatic heterocycles. The molecule has 0 aliphatic rings. The fraction of sp³-hybridized carbons (Fsp3) is 0.583. The number of rotatable bonds is 4. The van der Waals surface area contributed by atoms with Crippen molar-refractivity contribution in [3.8, 4) is 0 Å². The van der Waals surface area contributed by atoms with E-state index < -0.39 is 0 Å². The maximum Gasteiger partial charge on any atom is 0.246 e. The molecule has 0 spiro atoms. The van der Waals surface area contributed by atoms with Gasteiger partial charge in [0.25, 0.3) is 0 Å². The van der Waals surface area contributed by atoms with Crippen LogP contribution in [0.2, 0.25) is 0 Å². The minimum Gasteiger partial charge on any atom is -0.366 e. The Hall–Kier alpha value is -1.49. The van der Waals surface area contributed by atoms with Crippen molar-refractivity contribution in [2.24, 2.45) is 0 Å². The molecule has 0 saturated carbocycles. The summed E-state index contributed by atoms with van der Waals surface area (Å²) in [4.78, 5) is 19.6. The summed E-state index contributed by atoms with van der Waals surface area (Å²) in [5, 5.41) is 2.74. The lowest BCUT2D eigenvalue weighted by Crippen LogP contribution is -2.32. The van der Waals surface area contributed by atoms with E-state index in [1.807, 2.05) is 27.7 Å². The molecule has 1 N–H and O–H groups in total. The molecule has 0 saturated heterocycles. The molecule has 0 bridgehead atoms. The van der Waals surface area contributed by atoms with Crippen molar-refractivity contribution in [3.05, 3.63) is 23.8 Å². The van der Waals surface area contributed by atoms with Gasteiger partial charge in [-0.15, -0.1) is 0 Å². The molecule has 94 valence electrons. The highest BCUT2D eigenvalue weighted by molar-refractivity contribution is 5.77. The number of carbonyl (C=O) groups is 1. The average molecular weight is 237 g/mol. The van der Waals surface area contributed by atoms with E-state index >= 15 is 0 Å². The number of hydrogen-bond donors (Lipinski definition) is 1. The molecule has 0 radical (unpaired) electrons. The monoisotopic (exact) mass is 237 g/mol. The Morgan fingerprint density at radius 3 is 2.76 bits per heavy atom. The Kier molecular flexibility index (Phi) is 4.57. The van der Waals surface area contributed by atoms with E-state index in [0.717, 1.165) is 5.69 Å². The Morgan fingerprint density at radius 2 is 2.18 bits per heavy atom. The molecule has 1 aromatic rings. The molecule has 1 rings (SSSR count). The second kappa shape index (κ2) is 5.72. The van der Waals surface area contributed by atoms with Gasteiger partial charge in [-0.2, -0.15) is 0 Å². The zero-order chi connectivity index (χ0) is 12.9. The lowest BCUT2D eigenvalue weighted by atomic mass is 10.2. The maximum atomic E-state index is 11.5. The van der Waals surface area contributed by atoms with Gasteiger partial charge in [-0.1, -0.05) is 0 Å². The Bertz CT molecular complexity index is 386. The molecule has 1 amide bonds. The number of carbonyl (C=O) groups excluding carboxylic acids is 1. The van der Waals surface area contributed by atoms with Gasteiger partial charge >= 0.3 is 0 Å². The van der Waals surface area contributed by atoms with Gasteiger partial charge in [-0.05, 0) is 33.8 Å². The Labute approximate surface area is 102 Å². The van der Waals surface area contributed by atoms with Crippen LogP contribution in [0.15, 0.2) is 12.3 Å². The third-order valence-corrected chi connectivity index (χ3v) is 1.94. The van der Waals surface area contributed by atoms with Crippen LogP contribution in [0.1, 0.15) is 32.3 Å². The highest BCUT2D eigenvalue weighted by atomic mass is 16.5. The third-order valence-electron chi connectivity index (χ3n) is 1.94. The molecule has 5 nitrogen and oxygen atoms in total. The topological polar surface area (TPSA) is 64.1 Å². The highest BCUT2D eigenvalue weighted by Crippen LogP contribution is 2.05. The van der Waals surface area contributed by atoms with Crippen molar-refractivity contribution in [3.63, 3.8) is 0 Å². The molecule has 0 aromatic carbocycles. The van der Waals surface area contributed by atoms with Crippen LogP contribution in [0.5, 0.6) is 0 Å². The number of amides is 1. The van der Waals surface area contributed by atoms with Crippen molar-refractivity contribution < 1.29 is 9.53 Å². The summed E-state index contributed by atoms with van der Waals surface area (Å²) in [5.41, 5.74) is 0.490. The molecule has 1 heterocycles. The van der Waals surface area contributed by atoms with Crippen molar-refractivity contribution in [1.82, 2.24) is 15.3 Å². The number of aryl methyl sites for hydroxylation is 1. The second-order valence-electron chi connectivity index (χ2n) is 4.77. The fourth-order valence-corrected chi connectivity index (χ4v) is 1.13. The van der Waals surface area contributed by atoms with Crippen LogP contribution in [0, 0.1) is 6.92 Å². The first-order chi connectivity index (χ1) is 7.87. The number of nitrogens with one attached hydrogen (secondary N) is 1. The molecule has 0 fully saturated rings. The van der Waals surface area contributed by atoms with E-state index in [4.69, 9.17) is 4.74 Å². The zero-order valence-electron chi connectivity index (χ0n) is 10.8. The van der Waals surface area contributed by atoms with Crippen molar-refractivity contribution in [2.75, 3.05) is 6.61 Å². The van der Waals surface area contributed by atoms with Crippen LogP contribution in [-0.4, -0.2) is 28.1 Å². The SMILES string of the molecule is Cc1nccc(CNC(=O)COC(C)(C)C)n1. The number of aromatic nitrogens is 2. The average Bonchev–Trinajstić information content (AvgIpc) is 2.23. The summed E-state index contributed by atoms with van der Waals surface area (Å²) >= 11 is 0. The minimum absolute atomic E-state index is 0.0631. The second-order valence-corrected chi connectivity index (χ2v) is 4.77. The summed E-state index contributed by atoms with van der Waals surface area (Å²) in [6.45, 7) is 8.01. The fourth-order valence-electron chi connectivity index (χ4n) is 1.13. The first-order valence-electron chi connectivity index (χ1n) is 5.56. The standard InChI is InChI=1S/C12H19N3O2/c1-9-13-6-5-10(15-9)7-14-11(16)8-17-12(2,3)4/h5-6H,7-8H2,1-4H3,(H,14,16). The van der Waals surface area contributed by atoms with Gasteiger partial charge in [-0.3, -0.25) is 4.79 Å². The largest absolute Gasteiger partial charge is 0.366 e. The first-order valence-corrected chi connectivity index (χ1v) is 5.56. The number of hydrogen-bond acceptors (Lipinski definition) is 4. The van der Waals surface area contributed by atoms with Gasteiger partial charge < -0.3 is 10.1 Å². The summed E-state index contributed by atoms with van der Waals surface area (Å²) in [5.74, 6) is 0.555. The number of nitrogens with zero attached hydrogens (tertiary/aromatic N) is 2. The molecule has 5 heteroatoms. The summed E-state index contributed by atoms with van der Waals surface area (Å²) < 4.78 is 5.36. The molecule has 0 unspecified atom stereocenters. The highest BCUT2D eigenvalue weighted by Gasteiger charge is 2.12. The van der Waals surface area contributed by atoms with Crippen molar-refractivity contribution in [2.45, 2.75) is 39.8 Å². The van der Waals surface area contributed by atoms with Gasteiger partial charge in [0.1, 0.15) is 12.4 Å². The molecular formula is C12H19N3O2. The van der Waals surface area contributed by atoms with Gasteiger partial charge in [0.15, 0.2) is 0 Å². The van der Waals surface area contributed by atoms with Crippen LogP contribution in [-0.2, 0) is 16.1 Å². The molecule has 17 heavy (non-hydrogen) atoms. The van der Waals surface area contributed by atoms with E-state index in [2.05, 4.69) is 15.3 Å². The normalized spacial score (nSPS) is 11.3. The number of ether oxygens (including phenoxy) is 1. The van der Waals surface area contributed by atoms with Crippen molar-refractivity contribution >= 4 is 5.91 Å². The molecule has 0 aliphatic carbocycles. The third kappa shape index (κ3) is 5.97. The van der Waals surface area contributed by atoms with Crippen LogP contribution in [0.25, 0.3) is 0 Å². The first kappa shape index (κ1) is 13.6. The zero-order valence-corrected chi connectivity index (χ0v) is 10.8. The van der Waals surface area contributed by atoms with E-state index in [1.54, 1.807) is 12.3 Å². The molecule has 0 atom stereocenters. The minimum atomic E-state index is -0.303. The van der Waals surface area contributed by atoms with Crippen molar-refractivity contribution in [1.29, 1.82) is 0 Å². The molecule has 1 aromatic heterocycles. The van der Waals surface area contributed by atoms with E-state index in [-0.39, 0.29) is 18.1 Å².